The van der Waals surface area contributed by atoms with E-state index in [0.29, 0.717) is 13.2 Å². The zero-order valence-corrected chi connectivity index (χ0v) is 12.4. The first-order chi connectivity index (χ1) is 9.72. The highest BCUT2D eigenvalue weighted by Crippen LogP contribution is 2.23. The molecular formula is C15H18N2O2S. The van der Waals surface area contributed by atoms with E-state index in [1.54, 1.807) is 5.51 Å². The summed E-state index contributed by atoms with van der Waals surface area (Å²) in [6.07, 6.45) is 0. The van der Waals surface area contributed by atoms with Crippen LogP contribution >= 0.6 is 11.3 Å². The minimum atomic E-state index is -0.456. The minimum absolute atomic E-state index is 0.254. The van der Waals surface area contributed by atoms with Gasteiger partial charge in [-0.2, -0.15) is 0 Å². The maximum absolute atomic E-state index is 12.1. The average Bonchev–Trinajstić information content (AvgIpc) is 2.87. The molecule has 1 aromatic heterocycles. The molecule has 0 saturated heterocycles. The molecule has 1 unspecified atom stereocenters. The van der Waals surface area contributed by atoms with Crippen LogP contribution in [0.5, 0.6) is 0 Å². The van der Waals surface area contributed by atoms with E-state index in [-0.39, 0.29) is 5.97 Å². The van der Waals surface area contributed by atoms with Gasteiger partial charge in [-0.25, -0.2) is 9.78 Å². The molecular weight excluding hydrogens is 272 g/mol. The molecule has 1 heterocycles. The molecule has 20 heavy (non-hydrogen) atoms. The van der Waals surface area contributed by atoms with Crippen molar-refractivity contribution in [2.45, 2.75) is 26.4 Å². The molecule has 0 radical (unpaired) electrons. The lowest BCUT2D eigenvalue weighted by Gasteiger charge is -2.16. The SMILES string of the molecule is CCOC(=O)C(NCc1ccccc1)c1scnc1C. The number of hydrogen-bond donors (Lipinski definition) is 1. The summed E-state index contributed by atoms with van der Waals surface area (Å²) >= 11 is 1.47. The summed E-state index contributed by atoms with van der Waals surface area (Å²) in [5.74, 6) is -0.254. The standard InChI is InChI=1S/C15H18N2O2S/c1-3-19-15(18)13(14-11(2)17-10-20-14)16-9-12-7-5-4-6-8-12/h4-8,10,13,16H,3,9H2,1-2H3. The Balaban J connectivity index is 2.11. The van der Waals surface area contributed by atoms with Crippen LogP contribution in [0, 0.1) is 6.92 Å². The third-order valence-corrected chi connectivity index (χ3v) is 3.92. The van der Waals surface area contributed by atoms with E-state index in [2.05, 4.69) is 10.3 Å². The molecule has 5 heteroatoms. The molecule has 0 amide bonds. The van der Waals surface area contributed by atoms with E-state index in [0.717, 1.165) is 16.1 Å². The van der Waals surface area contributed by atoms with Gasteiger partial charge >= 0.3 is 5.97 Å². The first-order valence-electron chi connectivity index (χ1n) is 6.56. The first kappa shape index (κ1) is 14.7. The molecule has 2 aromatic rings. The van der Waals surface area contributed by atoms with Gasteiger partial charge in [-0.3, -0.25) is 5.32 Å². The second kappa shape index (κ2) is 7.17. The second-order valence-electron chi connectivity index (χ2n) is 4.35. The largest absolute Gasteiger partial charge is 0.465 e. The second-order valence-corrected chi connectivity index (χ2v) is 5.24. The van der Waals surface area contributed by atoms with Gasteiger partial charge in [0.2, 0.25) is 0 Å². The van der Waals surface area contributed by atoms with Crippen molar-refractivity contribution in [2.24, 2.45) is 0 Å². The summed E-state index contributed by atoms with van der Waals surface area (Å²) in [5.41, 5.74) is 3.75. The monoisotopic (exact) mass is 290 g/mol. The minimum Gasteiger partial charge on any atom is -0.465 e. The molecule has 0 spiro atoms. The molecule has 106 valence electrons. The number of aromatic nitrogens is 1. The Labute approximate surface area is 122 Å². The van der Waals surface area contributed by atoms with Crippen molar-refractivity contribution in [1.82, 2.24) is 10.3 Å². The van der Waals surface area contributed by atoms with Crippen LogP contribution in [-0.4, -0.2) is 17.6 Å². The van der Waals surface area contributed by atoms with Gasteiger partial charge in [0, 0.05) is 6.54 Å². The first-order valence-corrected chi connectivity index (χ1v) is 7.44. The highest BCUT2D eigenvalue weighted by Gasteiger charge is 2.24. The molecule has 0 saturated carbocycles. The molecule has 2 rings (SSSR count). The predicted octanol–water partition coefficient (Wildman–Crippen LogP) is 2.85. The van der Waals surface area contributed by atoms with Gasteiger partial charge in [0.1, 0.15) is 6.04 Å². The van der Waals surface area contributed by atoms with Crippen molar-refractivity contribution in [3.63, 3.8) is 0 Å². The number of esters is 1. The van der Waals surface area contributed by atoms with Crippen LogP contribution in [0.2, 0.25) is 0 Å². The normalized spacial score (nSPS) is 12.1. The zero-order valence-electron chi connectivity index (χ0n) is 11.6. The molecule has 0 aliphatic heterocycles. The summed E-state index contributed by atoms with van der Waals surface area (Å²) in [5, 5.41) is 3.26. The van der Waals surface area contributed by atoms with E-state index in [4.69, 9.17) is 4.74 Å². The number of benzene rings is 1. The van der Waals surface area contributed by atoms with Gasteiger partial charge in [0.25, 0.3) is 0 Å². The maximum Gasteiger partial charge on any atom is 0.328 e. The quantitative estimate of drug-likeness (QED) is 0.831. The van der Waals surface area contributed by atoms with Crippen molar-refractivity contribution in [3.8, 4) is 0 Å². The number of carbonyl (C=O) groups excluding carboxylic acids is 1. The Bertz CT molecular complexity index is 554. The number of thiazole rings is 1. The van der Waals surface area contributed by atoms with E-state index in [9.17, 15) is 4.79 Å². The third kappa shape index (κ3) is 3.65. The van der Waals surface area contributed by atoms with Crippen LogP contribution in [0.3, 0.4) is 0 Å². The number of aryl methyl sites for hydroxylation is 1. The fourth-order valence-corrected chi connectivity index (χ4v) is 2.78. The highest BCUT2D eigenvalue weighted by atomic mass is 32.1. The number of nitrogens with zero attached hydrogens (tertiary/aromatic N) is 1. The van der Waals surface area contributed by atoms with E-state index in [1.807, 2.05) is 44.2 Å². The number of carbonyl (C=O) groups is 1. The van der Waals surface area contributed by atoms with E-state index < -0.39 is 6.04 Å². The lowest BCUT2D eigenvalue weighted by Crippen LogP contribution is -2.29. The Morgan fingerprint density at radius 2 is 2.15 bits per heavy atom. The average molecular weight is 290 g/mol. The Kier molecular flexibility index (Phi) is 5.26. The zero-order chi connectivity index (χ0) is 14.4. The Hall–Kier alpha value is -1.72. The van der Waals surface area contributed by atoms with Crippen LogP contribution in [0.25, 0.3) is 0 Å². The van der Waals surface area contributed by atoms with Crippen LogP contribution in [0.15, 0.2) is 35.8 Å². The third-order valence-electron chi connectivity index (χ3n) is 2.92. The van der Waals surface area contributed by atoms with Crippen molar-refractivity contribution >= 4 is 17.3 Å². The summed E-state index contributed by atoms with van der Waals surface area (Å²) < 4.78 is 5.15. The van der Waals surface area contributed by atoms with Crippen LogP contribution in [0.1, 0.15) is 29.1 Å². The van der Waals surface area contributed by atoms with Gasteiger partial charge in [-0.15, -0.1) is 11.3 Å². The van der Waals surface area contributed by atoms with Gasteiger partial charge in [0.15, 0.2) is 0 Å². The van der Waals surface area contributed by atoms with Gasteiger partial charge in [0.05, 0.1) is 22.7 Å². The molecule has 1 atom stereocenters. The number of ether oxygens (including phenoxy) is 1. The Morgan fingerprint density at radius 1 is 1.40 bits per heavy atom. The van der Waals surface area contributed by atoms with Crippen molar-refractivity contribution in [3.05, 3.63) is 52.0 Å². The van der Waals surface area contributed by atoms with Crippen LogP contribution < -0.4 is 5.32 Å². The molecule has 1 N–H and O–H groups in total. The molecule has 0 bridgehead atoms. The van der Waals surface area contributed by atoms with E-state index in [1.165, 1.54) is 11.3 Å². The van der Waals surface area contributed by atoms with Gasteiger partial charge in [-0.05, 0) is 19.4 Å². The molecule has 4 nitrogen and oxygen atoms in total. The summed E-state index contributed by atoms with van der Waals surface area (Å²) in [6.45, 7) is 4.70. The van der Waals surface area contributed by atoms with Crippen molar-refractivity contribution in [1.29, 1.82) is 0 Å². The fourth-order valence-electron chi connectivity index (χ4n) is 1.91. The topological polar surface area (TPSA) is 51.2 Å². The summed E-state index contributed by atoms with van der Waals surface area (Å²) in [6, 6.07) is 9.52. The van der Waals surface area contributed by atoms with Crippen molar-refractivity contribution < 1.29 is 9.53 Å². The van der Waals surface area contributed by atoms with E-state index >= 15 is 0 Å². The number of hydrogen-bond acceptors (Lipinski definition) is 5. The van der Waals surface area contributed by atoms with Crippen molar-refractivity contribution in [2.75, 3.05) is 6.61 Å². The molecule has 1 aromatic carbocycles. The number of nitrogens with one attached hydrogen (secondary N) is 1. The van der Waals surface area contributed by atoms with Crippen LogP contribution in [0.4, 0.5) is 0 Å². The Morgan fingerprint density at radius 3 is 2.75 bits per heavy atom. The predicted molar refractivity (Wildman–Crippen MR) is 79.5 cm³/mol. The molecule has 0 aliphatic carbocycles. The van der Waals surface area contributed by atoms with Crippen LogP contribution in [-0.2, 0) is 16.1 Å². The summed E-state index contributed by atoms with van der Waals surface area (Å²) in [4.78, 5) is 17.2. The summed E-state index contributed by atoms with van der Waals surface area (Å²) in [7, 11) is 0. The van der Waals surface area contributed by atoms with Gasteiger partial charge < -0.3 is 4.74 Å². The highest BCUT2D eigenvalue weighted by molar-refractivity contribution is 7.10. The smallest absolute Gasteiger partial charge is 0.328 e. The molecule has 0 fully saturated rings. The maximum atomic E-state index is 12.1. The van der Waals surface area contributed by atoms with Gasteiger partial charge in [-0.1, -0.05) is 30.3 Å². The lowest BCUT2D eigenvalue weighted by molar-refractivity contribution is -0.145. The molecule has 0 aliphatic rings. The fraction of sp³-hybridized carbons (Fsp3) is 0.333. The lowest BCUT2D eigenvalue weighted by atomic mass is 10.1. The number of rotatable bonds is 6.